The van der Waals surface area contributed by atoms with Crippen LogP contribution < -0.4 is 4.90 Å². The molecule has 0 amide bonds. The number of benzene rings is 1. The minimum absolute atomic E-state index is 0.421. The number of hydrogen-bond donors (Lipinski definition) is 1. The van der Waals surface area contributed by atoms with Crippen molar-refractivity contribution in [2.75, 3.05) is 11.4 Å². The van der Waals surface area contributed by atoms with Crippen molar-refractivity contribution in [2.24, 2.45) is 0 Å². The maximum absolute atomic E-state index is 9.52. The quantitative estimate of drug-likeness (QED) is 0.859. The summed E-state index contributed by atoms with van der Waals surface area (Å²) in [5.74, 6) is 0. The molecule has 1 rings (SSSR count). The molecule has 0 saturated carbocycles. The summed E-state index contributed by atoms with van der Waals surface area (Å²) in [5.41, 5.74) is 1.91. The Morgan fingerprint density at radius 3 is 2.35 bits per heavy atom. The van der Waals surface area contributed by atoms with Crippen LogP contribution in [0.15, 0.2) is 18.2 Å². The predicted octanol–water partition coefficient (Wildman–Crippen LogP) is 4.02. The highest BCUT2D eigenvalue weighted by Crippen LogP contribution is 2.30. The highest BCUT2D eigenvalue weighted by Gasteiger charge is 2.14. The van der Waals surface area contributed by atoms with Crippen LogP contribution in [-0.4, -0.2) is 17.7 Å². The lowest BCUT2D eigenvalue weighted by molar-refractivity contribution is 0.199. The van der Waals surface area contributed by atoms with Gasteiger partial charge in [-0.15, -0.1) is 0 Å². The smallest absolute Gasteiger partial charge is 0.0762 e. The van der Waals surface area contributed by atoms with Gasteiger partial charge in [0.05, 0.1) is 16.8 Å². The zero-order valence-corrected chi connectivity index (χ0v) is 11.8. The van der Waals surface area contributed by atoms with Gasteiger partial charge < -0.3 is 10.0 Å². The summed E-state index contributed by atoms with van der Waals surface area (Å²) in [7, 11) is 0. The monoisotopic (exact) mass is 255 g/mol. The Morgan fingerprint density at radius 2 is 1.94 bits per heavy atom. The van der Waals surface area contributed by atoms with E-state index in [-0.39, 0.29) is 0 Å². The second-order valence-electron chi connectivity index (χ2n) is 4.67. The molecule has 0 heterocycles. The largest absolute Gasteiger partial charge is 0.389 e. The third-order valence-corrected chi connectivity index (χ3v) is 3.15. The summed E-state index contributed by atoms with van der Waals surface area (Å²) in [6, 6.07) is 6.22. The van der Waals surface area contributed by atoms with Gasteiger partial charge in [0.1, 0.15) is 0 Å². The molecule has 0 saturated heterocycles. The second kappa shape index (κ2) is 6.27. The van der Waals surface area contributed by atoms with Crippen LogP contribution in [0.1, 0.15) is 45.8 Å². The van der Waals surface area contributed by atoms with Crippen LogP contribution in [0, 0.1) is 0 Å². The topological polar surface area (TPSA) is 23.5 Å². The van der Waals surface area contributed by atoms with Crippen molar-refractivity contribution in [3.63, 3.8) is 0 Å². The fourth-order valence-electron chi connectivity index (χ4n) is 1.91. The Kier molecular flexibility index (Phi) is 5.29. The van der Waals surface area contributed by atoms with E-state index in [2.05, 4.69) is 25.7 Å². The molecule has 0 spiro atoms. The molecule has 0 aliphatic carbocycles. The zero-order valence-electron chi connectivity index (χ0n) is 11.1. The average molecular weight is 256 g/mol. The van der Waals surface area contributed by atoms with Crippen LogP contribution in [-0.2, 0) is 0 Å². The highest BCUT2D eigenvalue weighted by atomic mass is 35.5. The summed E-state index contributed by atoms with van der Waals surface area (Å²) in [6.45, 7) is 9.22. The number of anilines is 1. The van der Waals surface area contributed by atoms with Crippen molar-refractivity contribution in [2.45, 2.75) is 46.3 Å². The SMILES string of the molecule is CCCN(c1ccc([C@H](C)O)cc1Cl)C(C)C. The van der Waals surface area contributed by atoms with E-state index >= 15 is 0 Å². The fourth-order valence-corrected chi connectivity index (χ4v) is 2.21. The van der Waals surface area contributed by atoms with Crippen molar-refractivity contribution in [1.29, 1.82) is 0 Å². The number of rotatable bonds is 5. The molecule has 0 unspecified atom stereocenters. The average Bonchev–Trinajstić information content (AvgIpc) is 2.26. The summed E-state index contributed by atoms with van der Waals surface area (Å²) in [5, 5.41) is 10.2. The Balaban J connectivity index is 3.04. The van der Waals surface area contributed by atoms with Crippen LogP contribution in [0.3, 0.4) is 0 Å². The van der Waals surface area contributed by atoms with Crippen molar-refractivity contribution in [1.82, 2.24) is 0 Å². The van der Waals surface area contributed by atoms with E-state index in [1.807, 2.05) is 18.2 Å². The van der Waals surface area contributed by atoms with Gasteiger partial charge in [0, 0.05) is 12.6 Å². The minimum Gasteiger partial charge on any atom is -0.389 e. The second-order valence-corrected chi connectivity index (χ2v) is 5.08. The lowest BCUT2D eigenvalue weighted by atomic mass is 10.1. The molecule has 17 heavy (non-hydrogen) atoms. The van der Waals surface area contributed by atoms with Crippen LogP contribution in [0.5, 0.6) is 0 Å². The van der Waals surface area contributed by atoms with Gasteiger partial charge in [0.15, 0.2) is 0 Å². The van der Waals surface area contributed by atoms with E-state index in [1.165, 1.54) is 0 Å². The molecule has 2 nitrogen and oxygen atoms in total. The third kappa shape index (κ3) is 3.62. The van der Waals surface area contributed by atoms with Crippen LogP contribution in [0.4, 0.5) is 5.69 Å². The Labute approximate surface area is 109 Å². The van der Waals surface area contributed by atoms with Crippen LogP contribution in [0.2, 0.25) is 5.02 Å². The molecule has 0 aliphatic heterocycles. The Morgan fingerprint density at radius 1 is 1.29 bits per heavy atom. The molecule has 0 aromatic heterocycles. The van der Waals surface area contributed by atoms with Gasteiger partial charge in [-0.3, -0.25) is 0 Å². The van der Waals surface area contributed by atoms with E-state index < -0.39 is 6.10 Å². The summed E-state index contributed by atoms with van der Waals surface area (Å²) in [4.78, 5) is 2.29. The first-order chi connectivity index (χ1) is 7.97. The maximum Gasteiger partial charge on any atom is 0.0762 e. The molecule has 0 aliphatic rings. The van der Waals surface area contributed by atoms with Gasteiger partial charge in [-0.25, -0.2) is 0 Å². The fraction of sp³-hybridized carbons (Fsp3) is 0.571. The molecule has 1 atom stereocenters. The van der Waals surface area contributed by atoms with Gasteiger partial charge in [-0.05, 0) is 44.9 Å². The van der Waals surface area contributed by atoms with Gasteiger partial charge in [-0.1, -0.05) is 24.6 Å². The number of aliphatic hydroxyl groups is 1. The molecule has 0 bridgehead atoms. The molecule has 96 valence electrons. The van der Waals surface area contributed by atoms with Gasteiger partial charge in [0.2, 0.25) is 0 Å². The standard InChI is InChI=1S/C14H22ClNO/c1-5-8-16(10(2)3)14-7-6-12(11(4)17)9-13(14)15/h6-7,9-11,17H,5,8H2,1-4H3/t11-/m0/s1. The lowest BCUT2D eigenvalue weighted by Crippen LogP contribution is -2.31. The van der Waals surface area contributed by atoms with Crippen molar-refractivity contribution >= 4 is 17.3 Å². The molecule has 1 aromatic rings. The summed E-state index contributed by atoms with van der Waals surface area (Å²) < 4.78 is 0. The predicted molar refractivity (Wildman–Crippen MR) is 74.9 cm³/mol. The minimum atomic E-state index is -0.472. The first-order valence-corrected chi connectivity index (χ1v) is 6.59. The number of halogens is 1. The third-order valence-electron chi connectivity index (χ3n) is 2.85. The number of hydrogen-bond acceptors (Lipinski definition) is 2. The van der Waals surface area contributed by atoms with Gasteiger partial charge >= 0.3 is 0 Å². The Bertz CT molecular complexity index is 363. The molecule has 1 aromatic carbocycles. The van der Waals surface area contributed by atoms with Gasteiger partial charge in [0.25, 0.3) is 0 Å². The highest BCUT2D eigenvalue weighted by molar-refractivity contribution is 6.33. The zero-order chi connectivity index (χ0) is 13.0. The molecule has 0 fully saturated rings. The van der Waals surface area contributed by atoms with E-state index in [0.29, 0.717) is 11.1 Å². The first kappa shape index (κ1) is 14.3. The first-order valence-electron chi connectivity index (χ1n) is 6.21. The normalized spacial score (nSPS) is 12.9. The van der Waals surface area contributed by atoms with E-state index in [1.54, 1.807) is 6.92 Å². The lowest BCUT2D eigenvalue weighted by Gasteiger charge is -2.29. The number of nitrogens with zero attached hydrogens (tertiary/aromatic N) is 1. The van der Waals surface area contributed by atoms with Crippen molar-refractivity contribution in [3.05, 3.63) is 28.8 Å². The molecule has 3 heteroatoms. The van der Waals surface area contributed by atoms with Gasteiger partial charge in [-0.2, -0.15) is 0 Å². The number of aliphatic hydroxyl groups excluding tert-OH is 1. The van der Waals surface area contributed by atoms with E-state index in [4.69, 9.17) is 11.6 Å². The summed E-state index contributed by atoms with van der Waals surface area (Å²) >= 11 is 6.30. The van der Waals surface area contributed by atoms with Crippen LogP contribution >= 0.6 is 11.6 Å². The Hall–Kier alpha value is -0.730. The molecular formula is C14H22ClNO. The maximum atomic E-state index is 9.52. The molecule has 0 radical (unpaired) electrons. The molecule has 1 N–H and O–H groups in total. The van der Waals surface area contributed by atoms with E-state index in [9.17, 15) is 5.11 Å². The van der Waals surface area contributed by atoms with E-state index in [0.717, 1.165) is 24.2 Å². The molecular weight excluding hydrogens is 234 g/mol. The van der Waals surface area contributed by atoms with Crippen LogP contribution in [0.25, 0.3) is 0 Å². The van der Waals surface area contributed by atoms with Crippen molar-refractivity contribution in [3.8, 4) is 0 Å². The van der Waals surface area contributed by atoms with Crippen molar-refractivity contribution < 1.29 is 5.11 Å². The summed E-state index contributed by atoms with van der Waals surface area (Å²) in [6.07, 6.45) is 0.618.